The van der Waals surface area contributed by atoms with Crippen molar-refractivity contribution in [2.24, 2.45) is 0 Å². The topological polar surface area (TPSA) is 43.7 Å². The Morgan fingerprint density at radius 1 is 1.78 bits per heavy atom. The third-order valence-corrected chi connectivity index (χ3v) is 1.44. The Morgan fingerprint density at radius 3 is 2.67 bits per heavy atom. The van der Waals surface area contributed by atoms with E-state index in [0.29, 0.717) is 6.54 Å². The molecule has 0 fully saturated rings. The lowest BCUT2D eigenvalue weighted by Gasteiger charge is -2.18. The molecule has 52 valence electrons. The average Bonchev–Trinajstić information content (AvgIpc) is 2.13. The quantitative estimate of drug-likeness (QED) is 0.485. The molecule has 0 aromatic carbocycles. The average molecular weight is 129 g/mol. The third-order valence-electron chi connectivity index (χ3n) is 1.44. The lowest BCUT2D eigenvalue weighted by Crippen LogP contribution is -2.36. The van der Waals surface area contributed by atoms with Crippen LogP contribution in [0.3, 0.4) is 0 Å². The monoisotopic (exact) mass is 129 g/mol. The first-order chi connectivity index (χ1) is 4.16. The molecule has 0 aliphatic carbocycles. The number of hydrogen-bond acceptors (Lipinski definition) is 3. The van der Waals surface area contributed by atoms with Crippen molar-refractivity contribution in [3.63, 3.8) is 0 Å². The summed E-state index contributed by atoms with van der Waals surface area (Å²) in [6.07, 6.45) is 3.36. The van der Waals surface area contributed by atoms with E-state index in [0.717, 1.165) is 0 Å². The summed E-state index contributed by atoms with van der Waals surface area (Å²) < 4.78 is 0. The van der Waals surface area contributed by atoms with E-state index in [4.69, 9.17) is 5.11 Å². The van der Waals surface area contributed by atoms with Crippen LogP contribution >= 0.6 is 0 Å². The van der Waals surface area contributed by atoms with Gasteiger partial charge in [0.25, 0.3) is 0 Å². The number of β-amino-alcohol motifs (C(OH)–C–C–N with tert-alkyl or cyclic N) is 1. The van der Waals surface area contributed by atoms with Gasteiger partial charge in [-0.1, -0.05) is 0 Å². The highest BCUT2D eigenvalue weighted by molar-refractivity contribution is 5.08. The number of aliphatic hydroxyl groups excluding tert-OH is 1. The predicted molar refractivity (Wildman–Crippen MR) is 33.8 cm³/mol. The first-order valence-electron chi connectivity index (χ1n) is 2.89. The van der Waals surface area contributed by atoms with E-state index < -0.39 is 5.60 Å². The van der Waals surface area contributed by atoms with Gasteiger partial charge in [0.05, 0.1) is 13.2 Å². The maximum atomic E-state index is 9.29. The second-order valence-electron chi connectivity index (χ2n) is 2.49. The zero-order valence-corrected chi connectivity index (χ0v) is 5.41. The van der Waals surface area contributed by atoms with E-state index in [1.165, 1.54) is 0 Å². The van der Waals surface area contributed by atoms with Gasteiger partial charge in [0.15, 0.2) is 0 Å². The van der Waals surface area contributed by atoms with Crippen molar-refractivity contribution in [2.45, 2.75) is 5.60 Å². The van der Waals surface area contributed by atoms with Crippen LogP contribution in [-0.4, -0.2) is 40.9 Å². The van der Waals surface area contributed by atoms with Gasteiger partial charge in [0, 0.05) is 7.05 Å². The van der Waals surface area contributed by atoms with Gasteiger partial charge in [-0.25, -0.2) is 0 Å². The molecule has 1 heterocycles. The number of aliphatic hydroxyl groups is 2. The highest BCUT2D eigenvalue weighted by atomic mass is 16.3. The van der Waals surface area contributed by atoms with Crippen molar-refractivity contribution in [3.8, 4) is 0 Å². The van der Waals surface area contributed by atoms with E-state index in [1.54, 1.807) is 12.3 Å². The van der Waals surface area contributed by atoms with Crippen LogP contribution in [0.25, 0.3) is 0 Å². The summed E-state index contributed by atoms with van der Waals surface area (Å²) in [5, 5.41) is 17.9. The van der Waals surface area contributed by atoms with Crippen molar-refractivity contribution in [1.82, 2.24) is 4.90 Å². The van der Waals surface area contributed by atoms with Gasteiger partial charge >= 0.3 is 0 Å². The normalized spacial score (nSPS) is 33.9. The number of hydrogen-bond donors (Lipinski definition) is 2. The highest BCUT2D eigenvalue weighted by Gasteiger charge is 2.27. The predicted octanol–water partition coefficient (Wildman–Crippen LogP) is -0.831. The summed E-state index contributed by atoms with van der Waals surface area (Å²) in [6.45, 7) is 0.289. The Kier molecular flexibility index (Phi) is 1.47. The van der Waals surface area contributed by atoms with Crippen LogP contribution in [0.1, 0.15) is 0 Å². The fraction of sp³-hybridized carbons (Fsp3) is 0.667. The van der Waals surface area contributed by atoms with Crippen molar-refractivity contribution < 1.29 is 10.2 Å². The molecule has 3 heteroatoms. The van der Waals surface area contributed by atoms with Crippen LogP contribution < -0.4 is 0 Å². The molecule has 0 bridgehead atoms. The fourth-order valence-electron chi connectivity index (χ4n) is 0.906. The molecule has 1 atom stereocenters. The van der Waals surface area contributed by atoms with Crippen molar-refractivity contribution in [3.05, 3.63) is 12.3 Å². The molecule has 0 saturated carbocycles. The molecule has 0 spiro atoms. The smallest absolute Gasteiger partial charge is 0.125 e. The maximum Gasteiger partial charge on any atom is 0.125 e. The van der Waals surface area contributed by atoms with E-state index in [-0.39, 0.29) is 6.61 Å². The zero-order chi connectivity index (χ0) is 6.91. The first-order valence-corrected chi connectivity index (χ1v) is 2.89. The van der Waals surface area contributed by atoms with E-state index in [2.05, 4.69) is 0 Å². The summed E-state index contributed by atoms with van der Waals surface area (Å²) in [4.78, 5) is 1.83. The molecule has 1 aliphatic rings. The number of likely N-dealkylation sites (N-methyl/N-ethyl adjacent to an activating group) is 1. The minimum atomic E-state index is -0.991. The Morgan fingerprint density at radius 2 is 2.44 bits per heavy atom. The molecular weight excluding hydrogens is 118 g/mol. The summed E-state index contributed by atoms with van der Waals surface area (Å²) in [5.74, 6) is 0. The summed E-state index contributed by atoms with van der Waals surface area (Å²) in [6, 6.07) is 0. The van der Waals surface area contributed by atoms with Crippen LogP contribution in [-0.2, 0) is 0 Å². The molecule has 1 rings (SSSR count). The molecule has 1 aliphatic heterocycles. The fourth-order valence-corrected chi connectivity index (χ4v) is 0.906. The second kappa shape index (κ2) is 2.01. The van der Waals surface area contributed by atoms with Gasteiger partial charge in [0.1, 0.15) is 5.60 Å². The van der Waals surface area contributed by atoms with Gasteiger partial charge in [0.2, 0.25) is 0 Å². The Balaban J connectivity index is 2.57. The summed E-state index contributed by atoms with van der Waals surface area (Å²) in [7, 11) is 1.85. The minimum absolute atomic E-state index is 0.201. The molecular formula is C6H11NO2. The summed E-state index contributed by atoms with van der Waals surface area (Å²) in [5.41, 5.74) is -0.991. The maximum absolute atomic E-state index is 9.29. The molecule has 0 unspecified atom stereocenters. The van der Waals surface area contributed by atoms with E-state index in [1.807, 2.05) is 11.9 Å². The number of nitrogens with zero attached hydrogens (tertiary/aromatic N) is 1. The van der Waals surface area contributed by atoms with Crippen molar-refractivity contribution in [2.75, 3.05) is 20.2 Å². The molecule has 0 aromatic heterocycles. The van der Waals surface area contributed by atoms with Crippen LogP contribution in [0.4, 0.5) is 0 Å². The van der Waals surface area contributed by atoms with Gasteiger partial charge < -0.3 is 15.1 Å². The number of rotatable bonds is 1. The largest absolute Gasteiger partial charge is 0.393 e. The zero-order valence-electron chi connectivity index (χ0n) is 5.41. The van der Waals surface area contributed by atoms with E-state index >= 15 is 0 Å². The minimum Gasteiger partial charge on any atom is -0.393 e. The van der Waals surface area contributed by atoms with Crippen LogP contribution in [0.5, 0.6) is 0 Å². The van der Waals surface area contributed by atoms with Crippen LogP contribution in [0, 0.1) is 0 Å². The van der Waals surface area contributed by atoms with Crippen molar-refractivity contribution >= 4 is 0 Å². The first kappa shape index (κ1) is 6.58. The third kappa shape index (κ3) is 1.23. The van der Waals surface area contributed by atoms with Gasteiger partial charge in [-0.3, -0.25) is 0 Å². The SMILES string of the molecule is CN1C=C[C@](O)(CO)C1. The van der Waals surface area contributed by atoms with Crippen LogP contribution in [0.15, 0.2) is 12.3 Å². The molecule has 0 radical (unpaired) electrons. The molecule has 0 aromatic rings. The standard InChI is InChI=1S/C6H11NO2/c1-7-3-2-6(9,4-7)5-8/h2-3,8-9H,4-5H2,1H3/t6-/m1/s1. The lowest BCUT2D eigenvalue weighted by molar-refractivity contribution is 0.0237. The molecule has 3 nitrogen and oxygen atoms in total. The molecule has 0 saturated heterocycles. The van der Waals surface area contributed by atoms with Gasteiger partial charge in [-0.05, 0) is 12.3 Å². The van der Waals surface area contributed by atoms with Gasteiger partial charge in [-0.15, -0.1) is 0 Å². The van der Waals surface area contributed by atoms with Crippen molar-refractivity contribution in [1.29, 1.82) is 0 Å². The second-order valence-corrected chi connectivity index (χ2v) is 2.49. The van der Waals surface area contributed by atoms with E-state index in [9.17, 15) is 5.11 Å². The Labute approximate surface area is 54.2 Å². The lowest BCUT2D eigenvalue weighted by atomic mass is 10.1. The Hall–Kier alpha value is -0.540. The Bertz CT molecular complexity index is 135. The molecule has 2 N–H and O–H groups in total. The summed E-state index contributed by atoms with van der Waals surface area (Å²) >= 11 is 0. The van der Waals surface area contributed by atoms with Crippen LogP contribution in [0.2, 0.25) is 0 Å². The molecule has 0 amide bonds. The highest BCUT2D eigenvalue weighted by Crippen LogP contribution is 2.14. The molecule has 9 heavy (non-hydrogen) atoms. The van der Waals surface area contributed by atoms with Gasteiger partial charge in [-0.2, -0.15) is 0 Å².